The molecule has 6 nitrogen and oxygen atoms in total. The minimum Gasteiger partial charge on any atom is -0.389 e. The number of nitrogens with zero attached hydrogens (tertiary/aromatic N) is 2. The zero-order chi connectivity index (χ0) is 12.7. The standard InChI is InChI=1S/C10H21N3O3S/c1-12(2)17(15,16)13-6-4-10(14)3-5-11-7-9(10)8-13/h9,11,14H,3-8H2,1-2H3/t9-,10+/m0/s1. The van der Waals surface area contributed by atoms with Crippen molar-refractivity contribution in [2.75, 3.05) is 40.3 Å². The Hall–Kier alpha value is -0.210. The van der Waals surface area contributed by atoms with Crippen molar-refractivity contribution in [3.63, 3.8) is 0 Å². The molecule has 7 heteroatoms. The van der Waals surface area contributed by atoms with E-state index in [2.05, 4.69) is 5.32 Å². The highest BCUT2D eigenvalue weighted by Gasteiger charge is 2.45. The molecule has 2 atom stereocenters. The van der Waals surface area contributed by atoms with Crippen molar-refractivity contribution < 1.29 is 13.5 Å². The average molecular weight is 263 g/mol. The number of rotatable bonds is 2. The minimum atomic E-state index is -3.35. The van der Waals surface area contributed by atoms with Gasteiger partial charge in [-0.25, -0.2) is 0 Å². The highest BCUT2D eigenvalue weighted by Crippen LogP contribution is 2.33. The van der Waals surface area contributed by atoms with Crippen molar-refractivity contribution in [1.29, 1.82) is 0 Å². The van der Waals surface area contributed by atoms with Gasteiger partial charge in [-0.1, -0.05) is 0 Å². The van der Waals surface area contributed by atoms with Gasteiger partial charge < -0.3 is 10.4 Å². The van der Waals surface area contributed by atoms with E-state index in [4.69, 9.17) is 0 Å². The molecular weight excluding hydrogens is 242 g/mol. The Bertz CT molecular complexity index is 384. The summed E-state index contributed by atoms with van der Waals surface area (Å²) in [4.78, 5) is 0. The number of aliphatic hydroxyl groups is 1. The lowest BCUT2D eigenvalue weighted by Gasteiger charge is -2.47. The van der Waals surface area contributed by atoms with Crippen LogP contribution in [0.3, 0.4) is 0 Å². The van der Waals surface area contributed by atoms with Gasteiger partial charge in [-0.2, -0.15) is 17.0 Å². The molecule has 0 saturated carbocycles. The third-order valence-electron chi connectivity index (χ3n) is 3.89. The van der Waals surface area contributed by atoms with E-state index >= 15 is 0 Å². The highest BCUT2D eigenvalue weighted by molar-refractivity contribution is 7.86. The topological polar surface area (TPSA) is 72.9 Å². The first-order chi connectivity index (χ1) is 7.86. The van der Waals surface area contributed by atoms with Gasteiger partial charge in [-0.3, -0.25) is 0 Å². The maximum atomic E-state index is 12.0. The first kappa shape index (κ1) is 13.2. The van der Waals surface area contributed by atoms with Gasteiger partial charge in [-0.05, 0) is 19.4 Å². The Morgan fingerprint density at radius 3 is 2.76 bits per heavy atom. The first-order valence-electron chi connectivity index (χ1n) is 5.97. The molecule has 0 aromatic rings. The molecule has 0 aromatic heterocycles. The van der Waals surface area contributed by atoms with E-state index in [1.807, 2.05) is 0 Å². The summed E-state index contributed by atoms with van der Waals surface area (Å²) in [7, 11) is -0.276. The molecule has 2 aliphatic heterocycles. The van der Waals surface area contributed by atoms with E-state index in [0.717, 1.165) is 6.54 Å². The predicted octanol–water partition coefficient (Wildman–Crippen LogP) is -1.16. The molecular formula is C10H21N3O3S. The van der Waals surface area contributed by atoms with Crippen LogP contribution in [0, 0.1) is 5.92 Å². The average Bonchev–Trinajstić information content (AvgIpc) is 2.27. The zero-order valence-corrected chi connectivity index (χ0v) is 11.2. The molecule has 2 heterocycles. The van der Waals surface area contributed by atoms with Gasteiger partial charge in [0.1, 0.15) is 0 Å². The molecule has 0 aliphatic carbocycles. The molecule has 2 fully saturated rings. The number of hydrogen-bond acceptors (Lipinski definition) is 4. The molecule has 0 amide bonds. The molecule has 100 valence electrons. The second-order valence-corrected chi connectivity index (χ2v) is 7.30. The van der Waals surface area contributed by atoms with E-state index in [1.165, 1.54) is 22.7 Å². The molecule has 0 radical (unpaired) electrons. The van der Waals surface area contributed by atoms with Crippen LogP contribution in [0.5, 0.6) is 0 Å². The van der Waals surface area contributed by atoms with E-state index in [-0.39, 0.29) is 5.92 Å². The summed E-state index contributed by atoms with van der Waals surface area (Å²) in [6, 6.07) is 0. The van der Waals surface area contributed by atoms with Crippen molar-refractivity contribution >= 4 is 10.2 Å². The van der Waals surface area contributed by atoms with Crippen molar-refractivity contribution in [3.05, 3.63) is 0 Å². The Kier molecular flexibility index (Phi) is 3.48. The van der Waals surface area contributed by atoms with Crippen LogP contribution in [-0.2, 0) is 10.2 Å². The fraction of sp³-hybridized carbons (Fsp3) is 1.00. The van der Waals surface area contributed by atoms with Crippen LogP contribution in [0.15, 0.2) is 0 Å². The van der Waals surface area contributed by atoms with Crippen molar-refractivity contribution in [1.82, 2.24) is 13.9 Å². The molecule has 2 aliphatic rings. The molecule has 2 N–H and O–H groups in total. The lowest BCUT2D eigenvalue weighted by atomic mass is 9.77. The van der Waals surface area contributed by atoms with Crippen LogP contribution in [0.4, 0.5) is 0 Å². The lowest BCUT2D eigenvalue weighted by Crippen LogP contribution is -2.60. The molecule has 17 heavy (non-hydrogen) atoms. The summed E-state index contributed by atoms with van der Waals surface area (Å²) in [5.74, 6) is -0.000255. The molecule has 0 aromatic carbocycles. The van der Waals surface area contributed by atoms with Crippen molar-refractivity contribution in [3.8, 4) is 0 Å². The van der Waals surface area contributed by atoms with Gasteiger partial charge in [0.15, 0.2) is 0 Å². The normalized spacial score (nSPS) is 35.9. The van der Waals surface area contributed by atoms with E-state index in [0.29, 0.717) is 32.5 Å². The molecule has 0 spiro atoms. The van der Waals surface area contributed by atoms with Crippen LogP contribution in [-0.4, -0.2) is 68.0 Å². The van der Waals surface area contributed by atoms with Gasteiger partial charge in [0.05, 0.1) is 5.60 Å². The first-order valence-corrected chi connectivity index (χ1v) is 7.37. The molecule has 0 bridgehead atoms. The second-order valence-electron chi connectivity index (χ2n) is 5.15. The van der Waals surface area contributed by atoms with Crippen LogP contribution in [0.2, 0.25) is 0 Å². The SMILES string of the molecule is CN(C)S(=O)(=O)N1CC[C@]2(O)CCNC[C@H]2C1. The third kappa shape index (κ3) is 2.34. The summed E-state index contributed by atoms with van der Waals surface area (Å²) >= 11 is 0. The largest absolute Gasteiger partial charge is 0.389 e. The lowest BCUT2D eigenvalue weighted by molar-refractivity contribution is -0.0750. The van der Waals surface area contributed by atoms with Crippen LogP contribution in [0.25, 0.3) is 0 Å². The fourth-order valence-corrected chi connectivity index (χ4v) is 3.79. The number of piperidine rings is 2. The third-order valence-corrected chi connectivity index (χ3v) is 5.80. The van der Waals surface area contributed by atoms with Gasteiger partial charge in [-0.15, -0.1) is 0 Å². The van der Waals surface area contributed by atoms with Gasteiger partial charge in [0, 0.05) is 39.6 Å². The Morgan fingerprint density at radius 1 is 1.41 bits per heavy atom. The van der Waals surface area contributed by atoms with Crippen LogP contribution < -0.4 is 5.32 Å². The molecule has 0 unspecified atom stereocenters. The zero-order valence-electron chi connectivity index (χ0n) is 10.4. The molecule has 2 rings (SSSR count). The van der Waals surface area contributed by atoms with Gasteiger partial charge >= 0.3 is 0 Å². The fourth-order valence-electron chi connectivity index (χ4n) is 2.63. The maximum Gasteiger partial charge on any atom is 0.281 e. The van der Waals surface area contributed by atoms with E-state index in [9.17, 15) is 13.5 Å². The number of nitrogens with one attached hydrogen (secondary N) is 1. The maximum absolute atomic E-state index is 12.0. The highest BCUT2D eigenvalue weighted by atomic mass is 32.2. The summed E-state index contributed by atoms with van der Waals surface area (Å²) in [5, 5.41) is 13.7. The predicted molar refractivity (Wildman–Crippen MR) is 64.7 cm³/mol. The minimum absolute atomic E-state index is 0.000255. The van der Waals surface area contributed by atoms with Crippen LogP contribution >= 0.6 is 0 Å². The van der Waals surface area contributed by atoms with E-state index in [1.54, 1.807) is 0 Å². The Morgan fingerprint density at radius 2 is 2.12 bits per heavy atom. The van der Waals surface area contributed by atoms with Gasteiger partial charge in [0.2, 0.25) is 0 Å². The summed E-state index contributed by atoms with van der Waals surface area (Å²) in [6.07, 6.45) is 1.25. The Labute approximate surface area is 103 Å². The smallest absolute Gasteiger partial charge is 0.281 e. The quantitative estimate of drug-likeness (QED) is 0.659. The summed E-state index contributed by atoms with van der Waals surface area (Å²) in [5.41, 5.74) is -0.677. The van der Waals surface area contributed by atoms with Gasteiger partial charge in [0.25, 0.3) is 10.2 Å². The monoisotopic (exact) mass is 263 g/mol. The van der Waals surface area contributed by atoms with Crippen molar-refractivity contribution in [2.24, 2.45) is 5.92 Å². The number of hydrogen-bond donors (Lipinski definition) is 2. The van der Waals surface area contributed by atoms with E-state index < -0.39 is 15.8 Å². The summed E-state index contributed by atoms with van der Waals surface area (Å²) in [6.45, 7) is 2.32. The van der Waals surface area contributed by atoms with Crippen molar-refractivity contribution in [2.45, 2.75) is 18.4 Å². The second kappa shape index (κ2) is 4.47. The molecule has 2 saturated heterocycles. The summed E-state index contributed by atoms with van der Waals surface area (Å²) < 4.78 is 26.7. The number of fused-ring (bicyclic) bond motifs is 1. The Balaban J connectivity index is 2.13. The van der Waals surface area contributed by atoms with Crippen LogP contribution in [0.1, 0.15) is 12.8 Å².